The molecule has 0 radical (unpaired) electrons. The molecule has 0 amide bonds. The number of nitrogens with zero attached hydrogens (tertiary/aromatic N) is 4. The zero-order valence-electron chi connectivity index (χ0n) is 14.4. The fraction of sp³-hybridized carbons (Fsp3) is 0.278. The third kappa shape index (κ3) is 4.01. The summed E-state index contributed by atoms with van der Waals surface area (Å²) in [6, 6.07) is 10.3. The van der Waals surface area contributed by atoms with Gasteiger partial charge in [0.1, 0.15) is 0 Å². The van der Waals surface area contributed by atoms with Crippen LogP contribution in [-0.4, -0.2) is 19.7 Å². The van der Waals surface area contributed by atoms with Crippen molar-refractivity contribution in [1.82, 2.24) is 19.7 Å². The summed E-state index contributed by atoms with van der Waals surface area (Å²) >= 11 is 0. The summed E-state index contributed by atoms with van der Waals surface area (Å²) in [7, 11) is 0. The van der Waals surface area contributed by atoms with E-state index in [1.54, 1.807) is 17.8 Å². The molecule has 0 unspecified atom stereocenters. The molecule has 0 aliphatic carbocycles. The number of rotatable bonds is 5. The maximum Gasteiger partial charge on any atom is 0.433 e. The van der Waals surface area contributed by atoms with Crippen molar-refractivity contribution in [2.45, 2.75) is 33.1 Å². The minimum absolute atomic E-state index is 0.0673. The van der Waals surface area contributed by atoms with Gasteiger partial charge in [0.15, 0.2) is 5.69 Å². The Morgan fingerprint density at radius 3 is 2.46 bits per heavy atom. The highest BCUT2D eigenvalue weighted by molar-refractivity contribution is 5.62. The minimum atomic E-state index is -4.56. The van der Waals surface area contributed by atoms with Crippen molar-refractivity contribution in [3.05, 3.63) is 59.5 Å². The highest BCUT2D eigenvalue weighted by Gasteiger charge is 2.34. The molecule has 0 aliphatic rings. The lowest BCUT2D eigenvalue weighted by atomic mass is 10.1. The second-order valence-electron chi connectivity index (χ2n) is 5.78. The third-order valence-corrected chi connectivity index (χ3v) is 3.86. The van der Waals surface area contributed by atoms with Gasteiger partial charge in [-0.15, -0.1) is 0 Å². The van der Waals surface area contributed by atoms with Crippen molar-refractivity contribution in [3.8, 4) is 11.3 Å². The van der Waals surface area contributed by atoms with Crippen LogP contribution in [0.25, 0.3) is 11.3 Å². The van der Waals surface area contributed by atoms with Gasteiger partial charge in [-0.3, -0.25) is 4.68 Å². The number of alkyl halides is 3. The highest BCUT2D eigenvalue weighted by Crippen LogP contribution is 2.32. The van der Waals surface area contributed by atoms with E-state index in [2.05, 4.69) is 20.4 Å². The Balaban J connectivity index is 1.97. The van der Waals surface area contributed by atoms with Crippen LogP contribution in [0.3, 0.4) is 0 Å². The smallest absolute Gasteiger partial charge is 0.350 e. The molecule has 0 atom stereocenters. The number of aryl methyl sites for hydroxylation is 2. The summed E-state index contributed by atoms with van der Waals surface area (Å²) in [4.78, 5) is 7.89. The van der Waals surface area contributed by atoms with E-state index in [0.717, 1.165) is 11.6 Å². The summed E-state index contributed by atoms with van der Waals surface area (Å²) in [5, 5.41) is 7.15. The SMILES string of the molecule is CCn1cc(-c2cc(C(F)(F)F)nc(NCc3ccccc3)n2)c(C)n1. The van der Waals surface area contributed by atoms with Crippen molar-refractivity contribution in [2.75, 3.05) is 5.32 Å². The van der Waals surface area contributed by atoms with E-state index in [9.17, 15) is 13.2 Å². The zero-order valence-corrected chi connectivity index (χ0v) is 14.4. The number of nitrogens with one attached hydrogen (secondary N) is 1. The molecule has 3 rings (SSSR count). The van der Waals surface area contributed by atoms with Crippen molar-refractivity contribution >= 4 is 5.95 Å². The molecule has 2 aromatic heterocycles. The molecule has 0 saturated carbocycles. The van der Waals surface area contributed by atoms with Crippen LogP contribution in [0.4, 0.5) is 19.1 Å². The fourth-order valence-electron chi connectivity index (χ4n) is 2.52. The number of hydrogen-bond acceptors (Lipinski definition) is 4. The van der Waals surface area contributed by atoms with E-state index in [4.69, 9.17) is 0 Å². The van der Waals surface area contributed by atoms with E-state index in [0.29, 0.717) is 24.3 Å². The Kier molecular flexibility index (Phi) is 4.92. The Morgan fingerprint density at radius 1 is 1.12 bits per heavy atom. The van der Waals surface area contributed by atoms with Gasteiger partial charge in [0.05, 0.1) is 11.4 Å². The molecule has 0 aliphatic heterocycles. The van der Waals surface area contributed by atoms with Crippen LogP contribution in [-0.2, 0) is 19.3 Å². The molecule has 0 spiro atoms. The van der Waals surface area contributed by atoms with E-state index in [1.165, 1.54) is 0 Å². The fourth-order valence-corrected chi connectivity index (χ4v) is 2.52. The first-order valence-corrected chi connectivity index (χ1v) is 8.15. The van der Waals surface area contributed by atoms with Crippen LogP contribution in [0, 0.1) is 6.92 Å². The molecule has 0 saturated heterocycles. The van der Waals surface area contributed by atoms with Gasteiger partial charge >= 0.3 is 6.18 Å². The minimum Gasteiger partial charge on any atom is -0.350 e. The molecule has 1 aromatic carbocycles. The summed E-state index contributed by atoms with van der Waals surface area (Å²) in [5.41, 5.74) is 1.31. The predicted octanol–water partition coefficient (Wildman–Crippen LogP) is 4.30. The Morgan fingerprint density at radius 2 is 1.85 bits per heavy atom. The average molecular weight is 361 g/mol. The first kappa shape index (κ1) is 17.9. The lowest BCUT2D eigenvalue weighted by Crippen LogP contribution is -2.12. The Labute approximate surface area is 148 Å². The maximum atomic E-state index is 13.3. The van der Waals surface area contributed by atoms with Gasteiger partial charge in [-0.05, 0) is 25.5 Å². The summed E-state index contributed by atoms with van der Waals surface area (Å²) < 4.78 is 41.4. The molecule has 1 N–H and O–H groups in total. The Bertz CT molecular complexity index is 888. The van der Waals surface area contributed by atoms with Gasteiger partial charge in [-0.2, -0.15) is 18.3 Å². The van der Waals surface area contributed by atoms with Gasteiger partial charge in [-0.25, -0.2) is 9.97 Å². The molecule has 136 valence electrons. The van der Waals surface area contributed by atoms with E-state index in [-0.39, 0.29) is 11.6 Å². The van der Waals surface area contributed by atoms with E-state index < -0.39 is 11.9 Å². The largest absolute Gasteiger partial charge is 0.433 e. The summed E-state index contributed by atoms with van der Waals surface area (Å²) in [6.45, 7) is 4.60. The van der Waals surface area contributed by atoms with E-state index in [1.807, 2.05) is 37.3 Å². The van der Waals surface area contributed by atoms with Crippen molar-refractivity contribution < 1.29 is 13.2 Å². The van der Waals surface area contributed by atoms with Crippen molar-refractivity contribution in [3.63, 3.8) is 0 Å². The topological polar surface area (TPSA) is 55.6 Å². The first-order chi connectivity index (χ1) is 12.4. The van der Waals surface area contributed by atoms with Gasteiger partial charge < -0.3 is 5.32 Å². The second-order valence-corrected chi connectivity index (χ2v) is 5.78. The number of hydrogen-bond donors (Lipinski definition) is 1. The van der Waals surface area contributed by atoms with Crippen molar-refractivity contribution in [1.29, 1.82) is 0 Å². The molecular weight excluding hydrogens is 343 g/mol. The van der Waals surface area contributed by atoms with Crippen LogP contribution in [0.5, 0.6) is 0 Å². The van der Waals surface area contributed by atoms with Crippen LogP contribution in [0.1, 0.15) is 23.9 Å². The molecule has 26 heavy (non-hydrogen) atoms. The first-order valence-electron chi connectivity index (χ1n) is 8.15. The number of benzene rings is 1. The molecular formula is C18H18F3N5. The molecule has 0 fully saturated rings. The van der Waals surface area contributed by atoms with E-state index >= 15 is 0 Å². The molecule has 2 heterocycles. The molecule has 0 bridgehead atoms. The van der Waals surface area contributed by atoms with Gasteiger partial charge in [-0.1, -0.05) is 30.3 Å². The normalized spacial score (nSPS) is 11.6. The summed E-state index contributed by atoms with van der Waals surface area (Å²) in [5.74, 6) is -0.0673. The predicted molar refractivity (Wildman–Crippen MR) is 92.4 cm³/mol. The van der Waals surface area contributed by atoms with Gasteiger partial charge in [0.25, 0.3) is 0 Å². The monoisotopic (exact) mass is 361 g/mol. The zero-order chi connectivity index (χ0) is 18.7. The standard InChI is InChI=1S/C18H18F3N5/c1-3-26-11-14(12(2)25-26)15-9-16(18(19,20)21)24-17(23-15)22-10-13-7-5-4-6-8-13/h4-9,11H,3,10H2,1-2H3,(H,22,23,24). The van der Waals surface area contributed by atoms with Gasteiger partial charge in [0.2, 0.25) is 5.95 Å². The van der Waals surface area contributed by atoms with Gasteiger partial charge in [0, 0.05) is 24.8 Å². The third-order valence-electron chi connectivity index (χ3n) is 3.86. The number of aromatic nitrogens is 4. The lowest BCUT2D eigenvalue weighted by Gasteiger charge is -2.11. The molecule has 3 aromatic rings. The maximum absolute atomic E-state index is 13.3. The average Bonchev–Trinajstić information content (AvgIpc) is 3.01. The van der Waals surface area contributed by atoms with Crippen LogP contribution >= 0.6 is 0 Å². The van der Waals surface area contributed by atoms with Crippen molar-refractivity contribution in [2.24, 2.45) is 0 Å². The Hall–Kier alpha value is -2.90. The lowest BCUT2D eigenvalue weighted by molar-refractivity contribution is -0.141. The second kappa shape index (κ2) is 7.15. The molecule has 5 nitrogen and oxygen atoms in total. The van der Waals surface area contributed by atoms with Crippen LogP contribution in [0.2, 0.25) is 0 Å². The number of halogens is 3. The summed E-state index contributed by atoms with van der Waals surface area (Å²) in [6.07, 6.45) is -2.87. The van der Waals surface area contributed by atoms with Crippen LogP contribution < -0.4 is 5.32 Å². The quantitative estimate of drug-likeness (QED) is 0.736. The number of anilines is 1. The highest BCUT2D eigenvalue weighted by atomic mass is 19.4. The molecule has 8 heteroatoms. The van der Waals surface area contributed by atoms with Crippen LogP contribution in [0.15, 0.2) is 42.6 Å².